The molecule has 2 aliphatic heterocycles. The summed E-state index contributed by atoms with van der Waals surface area (Å²) in [6.07, 6.45) is 6.51. The first-order chi connectivity index (χ1) is 9.81. The summed E-state index contributed by atoms with van der Waals surface area (Å²) >= 11 is 0. The molecule has 0 spiro atoms. The molecule has 1 saturated heterocycles. The fraction of sp³-hybridized carbons (Fsp3) is 0.667. The lowest BCUT2D eigenvalue weighted by Gasteiger charge is -2.40. The summed E-state index contributed by atoms with van der Waals surface area (Å²) in [7, 11) is 0. The van der Waals surface area contributed by atoms with Crippen LogP contribution in [0.2, 0.25) is 0 Å². The number of hydrogen-bond acceptors (Lipinski definition) is 2. The molecule has 2 aliphatic rings. The van der Waals surface area contributed by atoms with E-state index in [2.05, 4.69) is 41.4 Å². The van der Waals surface area contributed by atoms with E-state index in [9.17, 15) is 0 Å². The first-order valence-electron chi connectivity index (χ1n) is 8.31. The lowest BCUT2D eigenvalue weighted by atomic mass is 9.78. The topological polar surface area (TPSA) is 15.3 Å². The van der Waals surface area contributed by atoms with Gasteiger partial charge in [0.05, 0.1) is 0 Å². The second-order valence-electron chi connectivity index (χ2n) is 6.68. The second-order valence-corrected chi connectivity index (χ2v) is 6.68. The van der Waals surface area contributed by atoms with Gasteiger partial charge in [0.25, 0.3) is 0 Å². The Morgan fingerprint density at radius 1 is 1.15 bits per heavy atom. The summed E-state index contributed by atoms with van der Waals surface area (Å²) in [6, 6.07) is 9.01. The van der Waals surface area contributed by atoms with E-state index in [4.69, 9.17) is 0 Å². The number of hydrogen-bond donors (Lipinski definition) is 1. The molecule has 1 N–H and O–H groups in total. The van der Waals surface area contributed by atoms with Crippen molar-refractivity contribution in [1.82, 2.24) is 10.2 Å². The number of piperidine rings is 1. The molecule has 110 valence electrons. The third-order valence-corrected chi connectivity index (χ3v) is 5.38. The van der Waals surface area contributed by atoms with Gasteiger partial charge in [-0.3, -0.25) is 0 Å². The van der Waals surface area contributed by atoms with Crippen LogP contribution in [0.5, 0.6) is 0 Å². The van der Waals surface area contributed by atoms with Crippen molar-refractivity contribution in [2.75, 3.05) is 32.7 Å². The minimum Gasteiger partial charge on any atom is -0.316 e. The van der Waals surface area contributed by atoms with Crippen molar-refractivity contribution in [3.8, 4) is 0 Å². The number of nitrogens with one attached hydrogen (secondary N) is 1. The van der Waals surface area contributed by atoms with Crippen LogP contribution < -0.4 is 5.32 Å². The fourth-order valence-corrected chi connectivity index (χ4v) is 3.93. The third kappa shape index (κ3) is 3.07. The molecule has 1 fully saturated rings. The van der Waals surface area contributed by atoms with E-state index in [0.717, 1.165) is 0 Å². The summed E-state index contributed by atoms with van der Waals surface area (Å²) in [4.78, 5) is 2.72. The molecule has 1 unspecified atom stereocenters. The van der Waals surface area contributed by atoms with Crippen LogP contribution in [0, 0.1) is 5.41 Å². The van der Waals surface area contributed by atoms with Crippen molar-refractivity contribution in [3.63, 3.8) is 0 Å². The lowest BCUT2D eigenvalue weighted by molar-refractivity contribution is 0.115. The zero-order valence-corrected chi connectivity index (χ0v) is 12.8. The van der Waals surface area contributed by atoms with Crippen molar-refractivity contribution >= 4 is 0 Å². The van der Waals surface area contributed by atoms with Crippen LogP contribution in [-0.4, -0.2) is 37.6 Å². The average molecular weight is 272 g/mol. The largest absolute Gasteiger partial charge is 0.316 e. The zero-order valence-electron chi connectivity index (χ0n) is 12.8. The van der Waals surface area contributed by atoms with E-state index >= 15 is 0 Å². The quantitative estimate of drug-likeness (QED) is 0.910. The maximum Gasteiger partial charge on any atom is 0.00503 e. The Hall–Kier alpha value is -0.860. The van der Waals surface area contributed by atoms with E-state index in [0.29, 0.717) is 5.41 Å². The average Bonchev–Trinajstić information content (AvgIpc) is 2.71. The van der Waals surface area contributed by atoms with Gasteiger partial charge in [0.1, 0.15) is 0 Å². The molecule has 0 amide bonds. The van der Waals surface area contributed by atoms with Gasteiger partial charge < -0.3 is 10.2 Å². The van der Waals surface area contributed by atoms with Crippen molar-refractivity contribution in [2.45, 2.75) is 39.0 Å². The number of rotatable bonds is 3. The Morgan fingerprint density at radius 2 is 1.85 bits per heavy atom. The molecule has 1 aromatic carbocycles. The van der Waals surface area contributed by atoms with Gasteiger partial charge in [-0.2, -0.15) is 0 Å². The van der Waals surface area contributed by atoms with E-state index in [1.54, 1.807) is 11.1 Å². The smallest absolute Gasteiger partial charge is 0.00503 e. The van der Waals surface area contributed by atoms with Crippen LogP contribution >= 0.6 is 0 Å². The molecule has 1 aromatic rings. The van der Waals surface area contributed by atoms with E-state index in [1.807, 2.05) is 0 Å². The van der Waals surface area contributed by atoms with Crippen LogP contribution in [0.4, 0.5) is 0 Å². The van der Waals surface area contributed by atoms with Gasteiger partial charge in [-0.15, -0.1) is 0 Å². The Labute approximate surface area is 123 Å². The fourth-order valence-electron chi connectivity index (χ4n) is 3.93. The van der Waals surface area contributed by atoms with E-state index in [-0.39, 0.29) is 0 Å². The van der Waals surface area contributed by atoms with Gasteiger partial charge in [0, 0.05) is 26.2 Å². The molecule has 0 bridgehead atoms. The highest BCUT2D eigenvalue weighted by Crippen LogP contribution is 2.31. The molecule has 2 heterocycles. The summed E-state index contributed by atoms with van der Waals surface area (Å²) in [5, 5.41) is 3.62. The van der Waals surface area contributed by atoms with Crippen LogP contribution in [-0.2, 0) is 12.8 Å². The number of benzene rings is 1. The van der Waals surface area contributed by atoms with Crippen LogP contribution in [0.3, 0.4) is 0 Å². The van der Waals surface area contributed by atoms with Crippen molar-refractivity contribution in [3.05, 3.63) is 35.4 Å². The predicted octanol–water partition coefficient (Wildman–Crippen LogP) is 2.87. The van der Waals surface area contributed by atoms with Gasteiger partial charge in [0.2, 0.25) is 0 Å². The molecule has 0 aromatic heterocycles. The van der Waals surface area contributed by atoms with Gasteiger partial charge in [-0.25, -0.2) is 0 Å². The first-order valence-corrected chi connectivity index (χ1v) is 8.31. The number of fused-ring (bicyclic) bond motifs is 1. The molecule has 1 atom stereocenters. The highest BCUT2D eigenvalue weighted by Gasteiger charge is 2.32. The first kappa shape index (κ1) is 14.1. The zero-order chi connectivity index (χ0) is 13.8. The molecule has 0 saturated carbocycles. The molecular formula is C18H28N2. The third-order valence-electron chi connectivity index (χ3n) is 5.38. The predicted molar refractivity (Wildman–Crippen MR) is 85.1 cm³/mol. The van der Waals surface area contributed by atoms with Crippen molar-refractivity contribution in [1.29, 1.82) is 0 Å². The maximum absolute atomic E-state index is 3.62. The van der Waals surface area contributed by atoms with Gasteiger partial charge in [0.15, 0.2) is 0 Å². The second kappa shape index (κ2) is 6.28. The lowest BCUT2D eigenvalue weighted by Crippen LogP contribution is -2.47. The maximum atomic E-state index is 3.62. The molecule has 20 heavy (non-hydrogen) atoms. The SMILES string of the molecule is CCC1(CN2CCc3ccccc3CC2)CCCNC1. The molecule has 2 nitrogen and oxygen atoms in total. The molecule has 0 radical (unpaired) electrons. The summed E-state index contributed by atoms with van der Waals surface area (Å²) in [5.74, 6) is 0. The normalized spacial score (nSPS) is 27.9. The standard InChI is InChI=1S/C18H28N2/c1-2-18(10-5-11-19-14-18)15-20-12-8-16-6-3-4-7-17(16)9-13-20/h3-4,6-7,19H,2,5,8-15H2,1H3. The summed E-state index contributed by atoms with van der Waals surface area (Å²) in [5.41, 5.74) is 3.67. The van der Waals surface area contributed by atoms with E-state index in [1.165, 1.54) is 64.8 Å². The Morgan fingerprint density at radius 3 is 2.40 bits per heavy atom. The minimum atomic E-state index is 0.523. The van der Waals surface area contributed by atoms with E-state index < -0.39 is 0 Å². The Bertz CT molecular complexity index is 408. The molecule has 0 aliphatic carbocycles. The van der Waals surface area contributed by atoms with Crippen LogP contribution in [0.25, 0.3) is 0 Å². The summed E-state index contributed by atoms with van der Waals surface area (Å²) < 4.78 is 0. The molecule has 3 rings (SSSR count). The van der Waals surface area contributed by atoms with Crippen molar-refractivity contribution in [2.24, 2.45) is 5.41 Å². The highest BCUT2D eigenvalue weighted by molar-refractivity contribution is 5.28. The van der Waals surface area contributed by atoms with Crippen LogP contribution in [0.15, 0.2) is 24.3 Å². The van der Waals surface area contributed by atoms with Crippen LogP contribution in [0.1, 0.15) is 37.3 Å². The minimum absolute atomic E-state index is 0.523. The molecular weight excluding hydrogens is 244 g/mol. The van der Waals surface area contributed by atoms with Gasteiger partial charge in [-0.1, -0.05) is 31.2 Å². The van der Waals surface area contributed by atoms with Gasteiger partial charge >= 0.3 is 0 Å². The Kier molecular flexibility index (Phi) is 4.42. The summed E-state index contributed by atoms with van der Waals surface area (Å²) in [6.45, 7) is 8.56. The molecule has 2 heteroatoms. The monoisotopic (exact) mass is 272 g/mol. The Balaban J connectivity index is 1.64. The van der Waals surface area contributed by atoms with Gasteiger partial charge in [-0.05, 0) is 55.2 Å². The van der Waals surface area contributed by atoms with Crippen molar-refractivity contribution < 1.29 is 0 Å². The number of nitrogens with zero attached hydrogens (tertiary/aromatic N) is 1. The highest BCUT2D eigenvalue weighted by atomic mass is 15.1.